The number of sulfone groups is 1. The summed E-state index contributed by atoms with van der Waals surface area (Å²) in [5.74, 6) is -0.786. The van der Waals surface area contributed by atoms with Gasteiger partial charge in [-0.2, -0.15) is 0 Å². The smallest absolute Gasteiger partial charge is 0.222 e. The van der Waals surface area contributed by atoms with Crippen molar-refractivity contribution < 1.29 is 22.0 Å². The van der Waals surface area contributed by atoms with Crippen molar-refractivity contribution in [1.82, 2.24) is 16.0 Å². The average molecular weight is 444 g/mol. The van der Waals surface area contributed by atoms with Crippen LogP contribution >= 0.6 is 0 Å². The molecule has 2 saturated heterocycles. The molecule has 30 heavy (non-hydrogen) atoms. The molecule has 2 unspecified atom stereocenters. The second-order valence-electron chi connectivity index (χ2n) is 7.56. The molecule has 2 aliphatic rings. The highest BCUT2D eigenvalue weighted by Crippen LogP contribution is 2.26. The van der Waals surface area contributed by atoms with Crippen LogP contribution in [0.1, 0.15) is 19.3 Å². The van der Waals surface area contributed by atoms with E-state index in [9.17, 15) is 22.0 Å². The molecule has 0 aromatic heterocycles. The van der Waals surface area contributed by atoms with E-state index in [0.29, 0.717) is 38.4 Å². The van der Waals surface area contributed by atoms with Gasteiger partial charge in [0.15, 0.2) is 15.8 Å². The van der Waals surface area contributed by atoms with Gasteiger partial charge in [-0.05, 0) is 25.0 Å². The minimum absolute atomic E-state index is 0.00379. The van der Waals surface area contributed by atoms with Crippen LogP contribution in [0.25, 0.3) is 0 Å². The highest BCUT2D eigenvalue weighted by atomic mass is 32.2. The maximum Gasteiger partial charge on any atom is 0.222 e. The van der Waals surface area contributed by atoms with E-state index in [0.717, 1.165) is 0 Å². The number of para-hydroxylation sites is 1. The van der Waals surface area contributed by atoms with Gasteiger partial charge in [0.2, 0.25) is 5.91 Å². The van der Waals surface area contributed by atoms with E-state index >= 15 is 0 Å². The summed E-state index contributed by atoms with van der Waals surface area (Å²) < 4.78 is 50.9. The van der Waals surface area contributed by atoms with Gasteiger partial charge in [-0.25, -0.2) is 17.2 Å². The summed E-state index contributed by atoms with van der Waals surface area (Å²) in [6.45, 7) is 1.26. The number of carbonyl (C=O) groups excluding carboxylic acids is 1. The first-order chi connectivity index (χ1) is 14.3. The molecule has 1 amide bonds. The van der Waals surface area contributed by atoms with Crippen LogP contribution in [0, 0.1) is 11.6 Å². The topological polar surface area (TPSA) is 103 Å². The maximum atomic E-state index is 14.0. The largest absolute Gasteiger partial charge is 0.365 e. The molecule has 8 nitrogen and oxygen atoms in total. The number of aliphatic imine (C=N–C) groups is 1. The summed E-state index contributed by atoms with van der Waals surface area (Å²) in [6, 6.07) is 3.46. The second kappa shape index (κ2) is 9.59. The van der Waals surface area contributed by atoms with Gasteiger partial charge in [-0.1, -0.05) is 6.07 Å². The number of hydrogen-bond donors (Lipinski definition) is 3. The molecule has 2 fully saturated rings. The SMILES string of the molecule is CN=C(NCCC(=O)NC1CCS(=O)(=O)C1)NC1CCN(c2c(F)cccc2F)C1. The van der Waals surface area contributed by atoms with Crippen LogP contribution in [0.2, 0.25) is 0 Å². The number of hydrogen-bond acceptors (Lipinski definition) is 5. The number of amides is 1. The van der Waals surface area contributed by atoms with E-state index in [4.69, 9.17) is 0 Å². The predicted molar refractivity (Wildman–Crippen MR) is 111 cm³/mol. The van der Waals surface area contributed by atoms with E-state index in [1.165, 1.54) is 18.2 Å². The number of halogens is 2. The van der Waals surface area contributed by atoms with E-state index in [1.54, 1.807) is 11.9 Å². The Bertz CT molecular complexity index is 889. The Balaban J connectivity index is 1.41. The third kappa shape index (κ3) is 5.80. The first kappa shape index (κ1) is 22.3. The predicted octanol–water partition coefficient (Wildman–Crippen LogP) is 0.402. The summed E-state index contributed by atoms with van der Waals surface area (Å²) >= 11 is 0. The summed E-state index contributed by atoms with van der Waals surface area (Å²) in [6.07, 6.45) is 1.31. The highest BCUT2D eigenvalue weighted by molar-refractivity contribution is 7.91. The Morgan fingerprint density at radius 2 is 1.93 bits per heavy atom. The van der Waals surface area contributed by atoms with Crippen molar-refractivity contribution in [3.63, 3.8) is 0 Å². The monoisotopic (exact) mass is 443 g/mol. The van der Waals surface area contributed by atoms with Gasteiger partial charge in [0.05, 0.1) is 11.5 Å². The summed E-state index contributed by atoms with van der Waals surface area (Å²) in [4.78, 5) is 17.8. The van der Waals surface area contributed by atoms with Crippen molar-refractivity contribution in [2.24, 2.45) is 4.99 Å². The Morgan fingerprint density at radius 1 is 1.20 bits per heavy atom. The normalized spacial score (nSPS) is 23.4. The van der Waals surface area contributed by atoms with Crippen LogP contribution in [0.15, 0.2) is 23.2 Å². The zero-order chi connectivity index (χ0) is 21.7. The molecule has 2 aliphatic heterocycles. The second-order valence-corrected chi connectivity index (χ2v) is 9.79. The fourth-order valence-corrected chi connectivity index (χ4v) is 5.44. The van der Waals surface area contributed by atoms with E-state index < -0.39 is 21.5 Å². The van der Waals surface area contributed by atoms with Crippen LogP contribution in [0.3, 0.4) is 0 Å². The molecule has 2 atom stereocenters. The van der Waals surface area contributed by atoms with Gasteiger partial charge in [0.1, 0.15) is 17.3 Å². The molecule has 2 heterocycles. The van der Waals surface area contributed by atoms with Crippen molar-refractivity contribution >= 4 is 27.4 Å². The van der Waals surface area contributed by atoms with Gasteiger partial charge in [0, 0.05) is 45.2 Å². The number of nitrogens with zero attached hydrogens (tertiary/aromatic N) is 2. The van der Waals surface area contributed by atoms with E-state index in [1.807, 2.05) is 0 Å². The fourth-order valence-electron chi connectivity index (χ4n) is 3.76. The molecule has 3 rings (SSSR count). The average Bonchev–Trinajstić information content (AvgIpc) is 3.26. The third-order valence-electron chi connectivity index (χ3n) is 5.25. The summed E-state index contributed by atoms with van der Waals surface area (Å²) in [7, 11) is -1.43. The molecule has 0 bridgehead atoms. The van der Waals surface area contributed by atoms with Crippen molar-refractivity contribution in [3.05, 3.63) is 29.8 Å². The number of carbonyl (C=O) groups is 1. The van der Waals surface area contributed by atoms with Crippen LogP contribution in [0.4, 0.5) is 14.5 Å². The lowest BCUT2D eigenvalue weighted by Gasteiger charge is -2.21. The van der Waals surface area contributed by atoms with Gasteiger partial charge in [-0.15, -0.1) is 0 Å². The fraction of sp³-hybridized carbons (Fsp3) is 0.579. The first-order valence-electron chi connectivity index (χ1n) is 9.93. The molecule has 0 saturated carbocycles. The van der Waals surface area contributed by atoms with Crippen LogP contribution in [-0.4, -0.2) is 70.6 Å². The van der Waals surface area contributed by atoms with Gasteiger partial charge >= 0.3 is 0 Å². The summed E-state index contributed by atoms with van der Waals surface area (Å²) in [5.41, 5.74) is -0.0182. The molecular formula is C19H27F2N5O3S. The minimum atomic E-state index is -3.03. The van der Waals surface area contributed by atoms with Crippen molar-refractivity contribution in [1.29, 1.82) is 0 Å². The molecular weight excluding hydrogens is 416 g/mol. The molecule has 0 spiro atoms. The molecule has 0 aliphatic carbocycles. The Hall–Kier alpha value is -2.43. The molecule has 166 valence electrons. The Labute approximate surface area is 175 Å². The third-order valence-corrected chi connectivity index (χ3v) is 7.02. The van der Waals surface area contributed by atoms with Gasteiger partial charge in [-0.3, -0.25) is 9.79 Å². The van der Waals surface area contributed by atoms with Crippen LogP contribution in [0.5, 0.6) is 0 Å². The van der Waals surface area contributed by atoms with Crippen molar-refractivity contribution in [2.45, 2.75) is 31.3 Å². The van der Waals surface area contributed by atoms with Gasteiger partial charge in [0.25, 0.3) is 0 Å². The van der Waals surface area contributed by atoms with Crippen LogP contribution < -0.4 is 20.9 Å². The zero-order valence-electron chi connectivity index (χ0n) is 16.8. The Kier molecular flexibility index (Phi) is 7.11. The number of anilines is 1. The summed E-state index contributed by atoms with van der Waals surface area (Å²) in [5, 5.41) is 8.98. The molecule has 0 radical (unpaired) electrons. The van der Waals surface area contributed by atoms with Crippen molar-refractivity contribution in [3.8, 4) is 0 Å². The highest BCUT2D eigenvalue weighted by Gasteiger charge is 2.29. The molecule has 1 aromatic carbocycles. The zero-order valence-corrected chi connectivity index (χ0v) is 17.6. The molecule has 11 heteroatoms. The maximum absolute atomic E-state index is 14.0. The van der Waals surface area contributed by atoms with E-state index in [2.05, 4.69) is 20.9 Å². The number of nitrogens with one attached hydrogen (secondary N) is 3. The minimum Gasteiger partial charge on any atom is -0.365 e. The number of rotatable bonds is 6. The number of benzene rings is 1. The van der Waals surface area contributed by atoms with Crippen molar-refractivity contribution in [2.75, 3.05) is 43.1 Å². The molecule has 3 N–H and O–H groups in total. The molecule has 1 aromatic rings. The quantitative estimate of drug-likeness (QED) is 0.435. The lowest BCUT2D eigenvalue weighted by atomic mass is 10.2. The standard InChI is InChI=1S/C19H27F2N5O3S/c1-22-19(23-8-5-17(27)24-14-7-10-30(28,29)12-14)25-13-6-9-26(11-13)18-15(20)3-2-4-16(18)21/h2-4,13-14H,5-12H2,1H3,(H,24,27)(H2,22,23,25). The number of guanidine groups is 1. The lowest BCUT2D eigenvalue weighted by Crippen LogP contribution is -2.46. The van der Waals surface area contributed by atoms with E-state index in [-0.39, 0.29) is 41.6 Å². The first-order valence-corrected chi connectivity index (χ1v) is 11.8. The Morgan fingerprint density at radius 3 is 2.57 bits per heavy atom. The lowest BCUT2D eigenvalue weighted by molar-refractivity contribution is -0.121. The van der Waals surface area contributed by atoms with Gasteiger partial charge < -0.3 is 20.9 Å². The van der Waals surface area contributed by atoms with Crippen LogP contribution in [-0.2, 0) is 14.6 Å².